The zero-order chi connectivity index (χ0) is 47.4. The van der Waals surface area contributed by atoms with Crippen molar-refractivity contribution in [3.63, 3.8) is 0 Å². The standard InChI is InChI=1S/C27H27ClN4O3S.C26H25ClN4O/c1-36(34,35)31-23-16-21-3-2-20-15-22(28)4-5-24(20)26(27(21)30-17-23)19-8-12-32(13-9-19)25(33)14-18-6-10-29-11-7-18;27-21-3-4-23-19(14-21)1-2-20-15-22(28)16-30-26(20)25(23)18-7-11-31(12-8-18)24(32)13-17-5-9-29-10-6-17/h4-7,10-11,15-17,31H,2-3,8-9,12-14H2,1H3;3-6,9-10,14-16H,1-2,7-8,11-13,28H2. The number of amides is 2. The monoisotopic (exact) mass is 966 g/mol. The minimum absolute atomic E-state index is 0.119. The lowest BCUT2D eigenvalue weighted by Crippen LogP contribution is -2.37. The van der Waals surface area contributed by atoms with Crippen molar-refractivity contribution in [1.29, 1.82) is 0 Å². The number of nitrogens with zero attached hydrogens (tertiary/aromatic N) is 6. The van der Waals surface area contributed by atoms with Gasteiger partial charge in [0.1, 0.15) is 0 Å². The van der Waals surface area contributed by atoms with Crippen LogP contribution in [-0.4, -0.2) is 82.4 Å². The van der Waals surface area contributed by atoms with E-state index in [1.165, 1.54) is 33.4 Å². The van der Waals surface area contributed by atoms with E-state index in [9.17, 15) is 18.0 Å². The maximum absolute atomic E-state index is 12.9. The summed E-state index contributed by atoms with van der Waals surface area (Å²) in [4.78, 5) is 47.2. The Bertz CT molecular complexity index is 3000. The van der Waals surface area contributed by atoms with E-state index in [1.54, 1.807) is 37.2 Å². The number of hydrogen-bond acceptors (Lipinski definition) is 9. The second kappa shape index (κ2) is 20.4. The number of benzene rings is 2. The Balaban J connectivity index is 0.000000171. The van der Waals surface area contributed by atoms with Crippen molar-refractivity contribution < 1.29 is 18.0 Å². The van der Waals surface area contributed by atoms with E-state index in [2.05, 4.69) is 32.9 Å². The highest BCUT2D eigenvalue weighted by atomic mass is 35.5. The molecule has 4 aliphatic rings. The molecule has 3 N–H and O–H groups in total. The van der Waals surface area contributed by atoms with Crippen molar-refractivity contribution in [2.24, 2.45) is 0 Å². The van der Waals surface area contributed by atoms with Crippen LogP contribution in [-0.2, 0) is 58.1 Å². The predicted molar refractivity (Wildman–Crippen MR) is 269 cm³/mol. The number of hydrogen-bond donors (Lipinski definition) is 2. The van der Waals surface area contributed by atoms with Crippen molar-refractivity contribution in [3.8, 4) is 0 Å². The number of aryl methyl sites for hydroxylation is 4. The highest BCUT2D eigenvalue weighted by Gasteiger charge is 2.29. The number of sulfonamides is 1. The molecular formula is C53H52Cl2N8O4S. The van der Waals surface area contributed by atoms with Crippen LogP contribution in [0.5, 0.6) is 0 Å². The summed E-state index contributed by atoms with van der Waals surface area (Å²) < 4.78 is 26.1. The Morgan fingerprint density at radius 3 is 1.47 bits per heavy atom. The summed E-state index contributed by atoms with van der Waals surface area (Å²) in [5.41, 5.74) is 22.8. The number of anilines is 2. The predicted octanol–water partition coefficient (Wildman–Crippen LogP) is 8.74. The number of carbonyl (C=O) groups excluding carboxylic acids is 2. The first-order valence-corrected chi connectivity index (χ1v) is 25.6. The molecule has 10 rings (SSSR count). The smallest absolute Gasteiger partial charge is 0.229 e. The molecule has 2 aliphatic heterocycles. The SMILES string of the molecule is CS(=O)(=O)Nc1cnc2c(c1)CCc1cc(Cl)ccc1C2=C1CCN(C(=O)Cc2ccncc2)CC1.Nc1cnc2c(c1)CCc1cc(Cl)ccc1C2=C1CCN(C(=O)Cc2ccncc2)CC1. The number of pyridine rings is 4. The van der Waals surface area contributed by atoms with Gasteiger partial charge in [-0.3, -0.25) is 34.2 Å². The second-order valence-electron chi connectivity index (χ2n) is 17.8. The fourth-order valence-corrected chi connectivity index (χ4v) is 10.7. The van der Waals surface area contributed by atoms with Gasteiger partial charge in [-0.25, -0.2) is 8.42 Å². The average molecular weight is 968 g/mol. The molecule has 348 valence electrons. The van der Waals surface area contributed by atoms with Gasteiger partial charge in [-0.1, -0.05) is 46.5 Å². The zero-order valence-electron chi connectivity index (χ0n) is 37.8. The summed E-state index contributed by atoms with van der Waals surface area (Å²) in [5.74, 6) is 0.285. The first-order valence-electron chi connectivity index (χ1n) is 22.9. The number of rotatable bonds is 6. The van der Waals surface area contributed by atoms with Gasteiger partial charge >= 0.3 is 0 Å². The first kappa shape index (κ1) is 46.7. The van der Waals surface area contributed by atoms with Crippen LogP contribution in [0.15, 0.2) is 121 Å². The molecule has 4 aromatic heterocycles. The van der Waals surface area contributed by atoms with E-state index >= 15 is 0 Å². The summed E-state index contributed by atoms with van der Waals surface area (Å²) in [5, 5.41) is 1.44. The number of nitrogen functional groups attached to an aromatic ring is 1. The topological polar surface area (TPSA) is 164 Å². The Hall–Kier alpha value is -6.41. The van der Waals surface area contributed by atoms with Crippen LogP contribution in [0.2, 0.25) is 10.0 Å². The third-order valence-electron chi connectivity index (χ3n) is 13.1. The molecule has 2 fully saturated rings. The summed E-state index contributed by atoms with van der Waals surface area (Å²) in [6.45, 7) is 2.73. The average Bonchev–Trinajstić information content (AvgIpc) is 3.59. The number of nitrogens with one attached hydrogen (secondary N) is 1. The van der Waals surface area contributed by atoms with Crippen LogP contribution in [0.1, 0.15) is 81.6 Å². The Kier molecular flexibility index (Phi) is 14.0. The van der Waals surface area contributed by atoms with Crippen LogP contribution >= 0.6 is 23.2 Å². The van der Waals surface area contributed by atoms with E-state index < -0.39 is 10.0 Å². The highest BCUT2D eigenvalue weighted by Crippen LogP contribution is 2.41. The van der Waals surface area contributed by atoms with Crippen molar-refractivity contribution in [2.45, 2.75) is 64.2 Å². The van der Waals surface area contributed by atoms with Crippen LogP contribution < -0.4 is 10.5 Å². The van der Waals surface area contributed by atoms with Gasteiger partial charge in [-0.05, 0) is 157 Å². The van der Waals surface area contributed by atoms with Gasteiger partial charge in [0.2, 0.25) is 21.8 Å². The number of aromatic nitrogens is 4. The molecule has 0 radical (unpaired) electrons. The molecule has 2 amide bonds. The number of fused-ring (bicyclic) bond motifs is 4. The normalized spacial score (nSPS) is 15.7. The van der Waals surface area contributed by atoms with Crippen molar-refractivity contribution in [3.05, 3.63) is 187 Å². The summed E-state index contributed by atoms with van der Waals surface area (Å²) >= 11 is 12.7. The molecule has 0 unspecified atom stereocenters. The molecule has 2 aliphatic carbocycles. The van der Waals surface area contributed by atoms with E-state index in [-0.39, 0.29) is 11.8 Å². The number of nitrogens with two attached hydrogens (primary N) is 1. The number of carbonyl (C=O) groups is 2. The minimum Gasteiger partial charge on any atom is -0.397 e. The lowest BCUT2D eigenvalue weighted by Gasteiger charge is -2.30. The first-order chi connectivity index (χ1) is 32.8. The minimum atomic E-state index is -3.40. The van der Waals surface area contributed by atoms with Crippen LogP contribution in [0.3, 0.4) is 0 Å². The van der Waals surface area contributed by atoms with Crippen LogP contribution in [0, 0.1) is 0 Å². The molecule has 2 aromatic carbocycles. The van der Waals surface area contributed by atoms with E-state index in [1.807, 2.05) is 64.4 Å². The van der Waals surface area contributed by atoms with E-state index in [0.29, 0.717) is 42.3 Å². The second-order valence-corrected chi connectivity index (χ2v) is 20.4. The maximum Gasteiger partial charge on any atom is 0.229 e. The molecule has 15 heteroatoms. The van der Waals surface area contributed by atoms with Crippen molar-refractivity contribution in [2.75, 3.05) is 42.9 Å². The van der Waals surface area contributed by atoms with Gasteiger partial charge in [0.15, 0.2) is 0 Å². The quantitative estimate of drug-likeness (QED) is 0.166. The number of piperidine rings is 2. The molecule has 68 heavy (non-hydrogen) atoms. The van der Waals surface area contributed by atoms with Gasteiger partial charge in [-0.15, -0.1) is 0 Å². The lowest BCUT2D eigenvalue weighted by molar-refractivity contribution is -0.131. The van der Waals surface area contributed by atoms with Crippen molar-refractivity contribution >= 4 is 67.6 Å². The molecule has 0 bridgehead atoms. The highest BCUT2D eigenvalue weighted by molar-refractivity contribution is 7.92. The summed E-state index contributed by atoms with van der Waals surface area (Å²) in [7, 11) is -3.40. The Morgan fingerprint density at radius 1 is 0.588 bits per heavy atom. The molecular weight excluding hydrogens is 916 g/mol. The largest absolute Gasteiger partial charge is 0.397 e. The van der Waals surface area contributed by atoms with Crippen molar-refractivity contribution in [1.82, 2.24) is 29.7 Å². The Morgan fingerprint density at radius 2 is 1.01 bits per heavy atom. The molecule has 6 heterocycles. The van der Waals surface area contributed by atoms with Gasteiger partial charge < -0.3 is 15.5 Å². The Labute approximate surface area is 407 Å². The third-order valence-corrected chi connectivity index (χ3v) is 14.2. The number of likely N-dealkylation sites (tertiary alicyclic amines) is 2. The van der Waals surface area contributed by atoms with Crippen LogP contribution in [0.4, 0.5) is 11.4 Å². The fraction of sp³-hybridized carbons (Fsp3) is 0.283. The van der Waals surface area contributed by atoms with Crippen LogP contribution in [0.25, 0.3) is 11.1 Å². The zero-order valence-corrected chi connectivity index (χ0v) is 40.2. The molecule has 2 saturated heterocycles. The maximum atomic E-state index is 12.9. The molecule has 0 atom stereocenters. The van der Waals surface area contributed by atoms with Gasteiger partial charge in [0.05, 0.1) is 54.3 Å². The van der Waals surface area contributed by atoms with E-state index in [4.69, 9.17) is 38.9 Å². The molecule has 0 spiro atoms. The van der Waals surface area contributed by atoms with Gasteiger partial charge in [-0.2, -0.15) is 0 Å². The van der Waals surface area contributed by atoms with E-state index in [0.717, 1.165) is 121 Å². The molecule has 12 nitrogen and oxygen atoms in total. The van der Waals surface area contributed by atoms with Gasteiger partial charge in [0, 0.05) is 72.2 Å². The summed E-state index contributed by atoms with van der Waals surface area (Å²) in [6.07, 6.45) is 18.6. The summed E-state index contributed by atoms with van der Waals surface area (Å²) in [6, 6.07) is 23.6. The van der Waals surface area contributed by atoms with Gasteiger partial charge in [0.25, 0.3) is 0 Å². The fourth-order valence-electron chi connectivity index (χ4n) is 9.80. The molecule has 6 aromatic rings. The third kappa shape index (κ3) is 11.0. The molecule has 0 saturated carbocycles. The number of halogens is 2. The lowest BCUT2D eigenvalue weighted by atomic mass is 9.88.